The number of carbonyl (C=O) groups is 1. The highest BCUT2D eigenvalue weighted by Crippen LogP contribution is 2.08. The van der Waals surface area contributed by atoms with Crippen molar-refractivity contribution in [2.45, 2.75) is 19.9 Å². The minimum absolute atomic E-state index is 0.0282. The SMILES string of the molecule is C=C(C)[C@@H]1CN(CC)C(=O)N1. The molecule has 0 aliphatic carbocycles. The van der Waals surface area contributed by atoms with Crippen LogP contribution in [-0.4, -0.2) is 30.1 Å². The van der Waals surface area contributed by atoms with Crippen LogP contribution in [-0.2, 0) is 0 Å². The van der Waals surface area contributed by atoms with E-state index in [2.05, 4.69) is 11.9 Å². The lowest BCUT2D eigenvalue weighted by atomic mass is 10.2. The summed E-state index contributed by atoms with van der Waals surface area (Å²) in [5, 5.41) is 2.84. The van der Waals surface area contributed by atoms with E-state index in [0.29, 0.717) is 0 Å². The van der Waals surface area contributed by atoms with Crippen molar-refractivity contribution >= 4 is 6.03 Å². The van der Waals surface area contributed by atoms with Crippen molar-refractivity contribution in [1.29, 1.82) is 0 Å². The zero-order chi connectivity index (χ0) is 8.43. The summed E-state index contributed by atoms with van der Waals surface area (Å²) in [5.74, 6) is 0. The molecule has 1 heterocycles. The third kappa shape index (κ3) is 1.53. The highest BCUT2D eigenvalue weighted by atomic mass is 16.2. The average Bonchev–Trinajstić information content (AvgIpc) is 2.31. The van der Waals surface area contributed by atoms with Crippen molar-refractivity contribution in [3.63, 3.8) is 0 Å². The number of nitrogens with one attached hydrogen (secondary N) is 1. The molecule has 62 valence electrons. The van der Waals surface area contributed by atoms with Gasteiger partial charge in [-0.15, -0.1) is 0 Å². The largest absolute Gasteiger partial charge is 0.330 e. The number of urea groups is 1. The maximum absolute atomic E-state index is 11.1. The van der Waals surface area contributed by atoms with Crippen LogP contribution < -0.4 is 5.32 Å². The van der Waals surface area contributed by atoms with Gasteiger partial charge in [0.1, 0.15) is 0 Å². The van der Waals surface area contributed by atoms with E-state index in [1.807, 2.05) is 13.8 Å². The second-order valence-electron chi connectivity index (χ2n) is 2.89. The lowest BCUT2D eigenvalue weighted by Crippen LogP contribution is -2.28. The summed E-state index contributed by atoms with van der Waals surface area (Å²) in [5.41, 5.74) is 1.02. The number of nitrogens with zero attached hydrogens (tertiary/aromatic N) is 1. The van der Waals surface area contributed by atoms with Crippen LogP contribution in [0, 0.1) is 0 Å². The molecule has 0 radical (unpaired) electrons. The van der Waals surface area contributed by atoms with E-state index in [1.165, 1.54) is 0 Å². The fourth-order valence-electron chi connectivity index (χ4n) is 1.14. The summed E-state index contributed by atoms with van der Waals surface area (Å²) >= 11 is 0. The fourth-order valence-corrected chi connectivity index (χ4v) is 1.14. The molecule has 0 unspecified atom stereocenters. The minimum atomic E-state index is 0.0282. The first-order valence-electron chi connectivity index (χ1n) is 3.86. The van der Waals surface area contributed by atoms with Crippen LogP contribution in [0.15, 0.2) is 12.2 Å². The van der Waals surface area contributed by atoms with Crippen LogP contribution in [0.5, 0.6) is 0 Å². The van der Waals surface area contributed by atoms with E-state index in [9.17, 15) is 4.79 Å². The van der Waals surface area contributed by atoms with E-state index >= 15 is 0 Å². The Balaban J connectivity index is 2.56. The van der Waals surface area contributed by atoms with Gasteiger partial charge in [0.25, 0.3) is 0 Å². The molecule has 1 fully saturated rings. The second-order valence-corrected chi connectivity index (χ2v) is 2.89. The van der Waals surface area contributed by atoms with Gasteiger partial charge < -0.3 is 10.2 Å². The monoisotopic (exact) mass is 154 g/mol. The maximum Gasteiger partial charge on any atom is 0.318 e. The van der Waals surface area contributed by atoms with E-state index in [-0.39, 0.29) is 12.1 Å². The molecular weight excluding hydrogens is 140 g/mol. The van der Waals surface area contributed by atoms with Crippen molar-refractivity contribution in [2.75, 3.05) is 13.1 Å². The molecule has 1 saturated heterocycles. The Bertz CT molecular complexity index is 189. The Hall–Kier alpha value is -0.990. The molecule has 0 aromatic heterocycles. The van der Waals surface area contributed by atoms with Crippen LogP contribution in [0.4, 0.5) is 4.79 Å². The number of amides is 2. The molecule has 0 aromatic carbocycles. The van der Waals surface area contributed by atoms with Gasteiger partial charge in [0.05, 0.1) is 6.04 Å². The maximum atomic E-state index is 11.1. The highest BCUT2D eigenvalue weighted by Gasteiger charge is 2.27. The number of likely N-dealkylation sites (N-methyl/N-ethyl adjacent to an activating group) is 1. The molecule has 3 nitrogen and oxygen atoms in total. The Labute approximate surface area is 67.1 Å². The molecule has 0 spiro atoms. The molecule has 1 rings (SSSR count). The molecule has 1 atom stereocenters. The summed E-state index contributed by atoms with van der Waals surface area (Å²) in [6.07, 6.45) is 0. The fraction of sp³-hybridized carbons (Fsp3) is 0.625. The first-order chi connectivity index (χ1) is 5.15. The predicted octanol–water partition coefficient (Wildman–Crippen LogP) is 0.976. The summed E-state index contributed by atoms with van der Waals surface area (Å²) in [7, 11) is 0. The van der Waals surface area contributed by atoms with Gasteiger partial charge in [0, 0.05) is 13.1 Å². The molecule has 3 heteroatoms. The lowest BCUT2D eigenvalue weighted by Gasteiger charge is -2.10. The first-order valence-corrected chi connectivity index (χ1v) is 3.86. The Morgan fingerprint density at radius 1 is 1.91 bits per heavy atom. The molecule has 2 amide bonds. The number of rotatable bonds is 2. The summed E-state index contributed by atoms with van der Waals surface area (Å²) in [4.78, 5) is 12.9. The van der Waals surface area contributed by atoms with Crippen LogP contribution in [0.1, 0.15) is 13.8 Å². The van der Waals surface area contributed by atoms with Crippen molar-refractivity contribution in [1.82, 2.24) is 10.2 Å². The van der Waals surface area contributed by atoms with Gasteiger partial charge in [-0.05, 0) is 13.8 Å². The third-order valence-electron chi connectivity index (χ3n) is 1.96. The third-order valence-corrected chi connectivity index (χ3v) is 1.96. The van der Waals surface area contributed by atoms with Gasteiger partial charge in [-0.1, -0.05) is 12.2 Å². The molecule has 1 aliphatic heterocycles. The Morgan fingerprint density at radius 3 is 2.82 bits per heavy atom. The summed E-state index contributed by atoms with van der Waals surface area (Å²) in [6.45, 7) is 9.25. The first kappa shape index (κ1) is 8.11. The molecule has 1 aliphatic rings. The van der Waals surface area contributed by atoms with Crippen molar-refractivity contribution in [3.05, 3.63) is 12.2 Å². The van der Waals surface area contributed by atoms with E-state index < -0.39 is 0 Å². The molecular formula is C8H14N2O. The standard InChI is InChI=1S/C8H14N2O/c1-4-10-5-7(6(2)3)9-8(10)11/h7H,2,4-5H2,1,3H3,(H,9,11)/t7-/m0/s1. The quantitative estimate of drug-likeness (QED) is 0.591. The van der Waals surface area contributed by atoms with Gasteiger partial charge in [-0.25, -0.2) is 4.79 Å². The molecule has 1 N–H and O–H groups in total. The van der Waals surface area contributed by atoms with E-state index in [4.69, 9.17) is 0 Å². The van der Waals surface area contributed by atoms with Crippen LogP contribution in [0.25, 0.3) is 0 Å². The molecule has 11 heavy (non-hydrogen) atoms. The van der Waals surface area contributed by atoms with E-state index in [1.54, 1.807) is 4.90 Å². The van der Waals surface area contributed by atoms with Gasteiger partial charge in [-0.3, -0.25) is 0 Å². The van der Waals surface area contributed by atoms with Crippen molar-refractivity contribution in [3.8, 4) is 0 Å². The Kier molecular flexibility index (Phi) is 2.17. The van der Waals surface area contributed by atoms with E-state index in [0.717, 1.165) is 18.7 Å². The normalized spacial score (nSPS) is 23.6. The Morgan fingerprint density at radius 2 is 2.55 bits per heavy atom. The summed E-state index contributed by atoms with van der Waals surface area (Å²) < 4.78 is 0. The number of hydrogen-bond donors (Lipinski definition) is 1. The van der Waals surface area contributed by atoms with Gasteiger partial charge in [0.2, 0.25) is 0 Å². The summed E-state index contributed by atoms with van der Waals surface area (Å²) in [6, 6.07) is 0.183. The minimum Gasteiger partial charge on any atom is -0.330 e. The number of carbonyl (C=O) groups excluding carboxylic acids is 1. The van der Waals surface area contributed by atoms with Crippen molar-refractivity contribution < 1.29 is 4.79 Å². The van der Waals surface area contributed by atoms with Crippen molar-refractivity contribution in [2.24, 2.45) is 0 Å². The number of hydrogen-bond acceptors (Lipinski definition) is 1. The predicted molar refractivity (Wildman–Crippen MR) is 44.4 cm³/mol. The van der Waals surface area contributed by atoms with Crippen LogP contribution >= 0.6 is 0 Å². The van der Waals surface area contributed by atoms with Crippen LogP contribution in [0.3, 0.4) is 0 Å². The second kappa shape index (κ2) is 2.95. The molecule has 0 bridgehead atoms. The van der Waals surface area contributed by atoms with Gasteiger partial charge in [-0.2, -0.15) is 0 Å². The van der Waals surface area contributed by atoms with Gasteiger partial charge >= 0.3 is 6.03 Å². The van der Waals surface area contributed by atoms with Gasteiger partial charge in [0.15, 0.2) is 0 Å². The molecule has 0 aromatic rings. The highest BCUT2D eigenvalue weighted by molar-refractivity contribution is 5.77. The zero-order valence-electron chi connectivity index (χ0n) is 7.05. The topological polar surface area (TPSA) is 32.3 Å². The zero-order valence-corrected chi connectivity index (χ0v) is 7.05. The lowest BCUT2D eigenvalue weighted by molar-refractivity contribution is 0.219. The molecule has 0 saturated carbocycles. The average molecular weight is 154 g/mol. The van der Waals surface area contributed by atoms with Crippen LogP contribution in [0.2, 0.25) is 0 Å². The smallest absolute Gasteiger partial charge is 0.318 e.